The Morgan fingerprint density at radius 3 is 2.89 bits per heavy atom. The van der Waals surface area contributed by atoms with E-state index in [1.807, 2.05) is 11.8 Å². The second-order valence-corrected chi connectivity index (χ2v) is 4.33. The molecule has 0 aromatic heterocycles. The number of rotatable bonds is 6. The summed E-state index contributed by atoms with van der Waals surface area (Å²) < 4.78 is 13.7. The van der Waals surface area contributed by atoms with Crippen LogP contribution in [0.5, 0.6) is 0 Å². The zero-order valence-corrected chi connectivity index (χ0v) is 11.0. The highest BCUT2D eigenvalue weighted by Gasteiger charge is 2.10. The van der Waals surface area contributed by atoms with E-state index >= 15 is 0 Å². The predicted molar refractivity (Wildman–Crippen MR) is 70.4 cm³/mol. The molecule has 0 radical (unpaired) electrons. The molecule has 0 heterocycles. The number of halogens is 2. The van der Waals surface area contributed by atoms with Crippen LogP contribution in [-0.4, -0.2) is 29.0 Å². The van der Waals surface area contributed by atoms with Crippen LogP contribution in [0.3, 0.4) is 0 Å². The highest BCUT2D eigenvalue weighted by atomic mass is 35.5. The van der Waals surface area contributed by atoms with Gasteiger partial charge in [0.25, 0.3) is 0 Å². The standard InChI is InChI=1S/C12H17ClFN3O/c1-2-17(7-6-11(15)16-18)8-9-4-3-5-10(13)12(9)14/h3-5,18H,2,6-8H2,1H3,(H2,15,16). The quantitative estimate of drug-likeness (QED) is 0.362. The molecule has 0 atom stereocenters. The topological polar surface area (TPSA) is 61.8 Å². The molecular formula is C12H17ClFN3O. The fraction of sp³-hybridized carbons (Fsp3) is 0.417. The molecule has 1 aromatic carbocycles. The minimum absolute atomic E-state index is 0.125. The van der Waals surface area contributed by atoms with Gasteiger partial charge in [-0.05, 0) is 12.6 Å². The molecule has 0 saturated heterocycles. The second kappa shape index (κ2) is 7.18. The third-order valence-electron chi connectivity index (χ3n) is 2.69. The summed E-state index contributed by atoms with van der Waals surface area (Å²) in [6.07, 6.45) is 0.437. The molecule has 1 rings (SSSR count). The fourth-order valence-electron chi connectivity index (χ4n) is 1.58. The van der Waals surface area contributed by atoms with Crippen LogP contribution in [0.2, 0.25) is 5.02 Å². The minimum atomic E-state index is -0.388. The van der Waals surface area contributed by atoms with Gasteiger partial charge in [-0.1, -0.05) is 35.8 Å². The van der Waals surface area contributed by atoms with E-state index in [1.165, 1.54) is 6.07 Å². The van der Waals surface area contributed by atoms with Crippen molar-refractivity contribution in [1.82, 2.24) is 4.90 Å². The summed E-state index contributed by atoms with van der Waals surface area (Å²) >= 11 is 5.72. The van der Waals surface area contributed by atoms with Gasteiger partial charge in [0.15, 0.2) is 0 Å². The van der Waals surface area contributed by atoms with E-state index < -0.39 is 0 Å². The molecule has 6 heteroatoms. The minimum Gasteiger partial charge on any atom is -0.409 e. The van der Waals surface area contributed by atoms with Crippen molar-refractivity contribution in [2.45, 2.75) is 19.9 Å². The highest BCUT2D eigenvalue weighted by Crippen LogP contribution is 2.19. The van der Waals surface area contributed by atoms with Crippen LogP contribution in [0.25, 0.3) is 0 Å². The molecule has 0 fully saturated rings. The van der Waals surface area contributed by atoms with Crippen LogP contribution < -0.4 is 5.73 Å². The Morgan fingerprint density at radius 1 is 1.56 bits per heavy atom. The fourth-order valence-corrected chi connectivity index (χ4v) is 1.78. The van der Waals surface area contributed by atoms with Gasteiger partial charge >= 0.3 is 0 Å². The Balaban J connectivity index is 2.65. The van der Waals surface area contributed by atoms with Crippen LogP contribution in [0.4, 0.5) is 4.39 Å². The van der Waals surface area contributed by atoms with Crippen molar-refractivity contribution in [2.24, 2.45) is 10.9 Å². The van der Waals surface area contributed by atoms with Crippen LogP contribution in [0.1, 0.15) is 18.9 Å². The summed E-state index contributed by atoms with van der Waals surface area (Å²) in [6.45, 7) is 3.75. The maximum atomic E-state index is 13.7. The van der Waals surface area contributed by atoms with E-state index in [-0.39, 0.29) is 16.7 Å². The first-order valence-corrected chi connectivity index (χ1v) is 6.08. The molecule has 0 unspecified atom stereocenters. The van der Waals surface area contributed by atoms with Crippen molar-refractivity contribution in [2.75, 3.05) is 13.1 Å². The summed E-state index contributed by atoms with van der Waals surface area (Å²) in [7, 11) is 0. The van der Waals surface area contributed by atoms with Gasteiger partial charge in [-0.2, -0.15) is 0 Å². The first kappa shape index (κ1) is 14.7. The van der Waals surface area contributed by atoms with E-state index in [0.717, 1.165) is 6.54 Å². The third kappa shape index (κ3) is 4.16. The maximum Gasteiger partial charge on any atom is 0.146 e. The van der Waals surface area contributed by atoms with Gasteiger partial charge < -0.3 is 10.9 Å². The van der Waals surface area contributed by atoms with E-state index in [0.29, 0.717) is 25.1 Å². The largest absolute Gasteiger partial charge is 0.409 e. The van der Waals surface area contributed by atoms with Crippen molar-refractivity contribution in [3.63, 3.8) is 0 Å². The van der Waals surface area contributed by atoms with E-state index in [9.17, 15) is 4.39 Å². The maximum absolute atomic E-state index is 13.7. The van der Waals surface area contributed by atoms with Crippen molar-refractivity contribution in [3.8, 4) is 0 Å². The molecule has 0 bridgehead atoms. The smallest absolute Gasteiger partial charge is 0.146 e. The second-order valence-electron chi connectivity index (χ2n) is 3.92. The molecule has 3 N–H and O–H groups in total. The van der Waals surface area contributed by atoms with Crippen LogP contribution in [0.15, 0.2) is 23.4 Å². The molecule has 0 aliphatic carbocycles. The van der Waals surface area contributed by atoms with Crippen LogP contribution >= 0.6 is 11.6 Å². The Bertz CT molecular complexity index is 426. The molecule has 0 aliphatic heterocycles. The number of nitrogens with zero attached hydrogens (tertiary/aromatic N) is 2. The number of nitrogens with two attached hydrogens (primary N) is 1. The Labute approximate surface area is 111 Å². The normalized spacial score (nSPS) is 12.1. The van der Waals surface area contributed by atoms with Crippen molar-refractivity contribution < 1.29 is 9.60 Å². The molecule has 100 valence electrons. The van der Waals surface area contributed by atoms with Gasteiger partial charge in [0.05, 0.1) is 5.02 Å². The molecule has 18 heavy (non-hydrogen) atoms. The molecule has 0 amide bonds. The van der Waals surface area contributed by atoms with Gasteiger partial charge in [-0.3, -0.25) is 4.90 Å². The number of hydrogen-bond acceptors (Lipinski definition) is 3. The van der Waals surface area contributed by atoms with Crippen molar-refractivity contribution in [3.05, 3.63) is 34.6 Å². The first-order chi connectivity index (χ1) is 8.58. The van der Waals surface area contributed by atoms with E-state index in [4.69, 9.17) is 22.5 Å². The van der Waals surface area contributed by atoms with E-state index in [1.54, 1.807) is 12.1 Å². The van der Waals surface area contributed by atoms with Gasteiger partial charge in [0, 0.05) is 25.1 Å². The van der Waals surface area contributed by atoms with Crippen molar-refractivity contribution in [1.29, 1.82) is 0 Å². The zero-order valence-electron chi connectivity index (χ0n) is 10.2. The lowest BCUT2D eigenvalue weighted by atomic mass is 10.2. The molecule has 4 nitrogen and oxygen atoms in total. The third-order valence-corrected chi connectivity index (χ3v) is 2.98. The summed E-state index contributed by atoms with van der Waals surface area (Å²) in [4.78, 5) is 1.99. The van der Waals surface area contributed by atoms with Crippen LogP contribution in [0, 0.1) is 5.82 Å². The molecular weight excluding hydrogens is 257 g/mol. The van der Waals surface area contributed by atoms with E-state index in [2.05, 4.69) is 5.16 Å². The lowest BCUT2D eigenvalue weighted by Gasteiger charge is -2.20. The van der Waals surface area contributed by atoms with Gasteiger partial charge in [-0.25, -0.2) is 4.39 Å². The summed E-state index contributed by atoms with van der Waals surface area (Å²) in [6, 6.07) is 4.94. The first-order valence-electron chi connectivity index (χ1n) is 5.70. The number of hydrogen-bond donors (Lipinski definition) is 2. The Hall–Kier alpha value is -1.33. The SMILES string of the molecule is CCN(CC/C(N)=N/O)Cc1cccc(Cl)c1F. The number of oxime groups is 1. The highest BCUT2D eigenvalue weighted by molar-refractivity contribution is 6.30. The number of benzene rings is 1. The predicted octanol–water partition coefficient (Wildman–Crippen LogP) is 2.44. The summed E-state index contributed by atoms with van der Waals surface area (Å²) in [5, 5.41) is 11.5. The molecule has 0 saturated carbocycles. The van der Waals surface area contributed by atoms with Gasteiger partial charge in [-0.15, -0.1) is 0 Å². The zero-order chi connectivity index (χ0) is 13.5. The average molecular weight is 274 g/mol. The Morgan fingerprint density at radius 2 is 2.28 bits per heavy atom. The lowest BCUT2D eigenvalue weighted by molar-refractivity contribution is 0.279. The summed E-state index contributed by atoms with van der Waals surface area (Å²) in [5.41, 5.74) is 5.95. The van der Waals surface area contributed by atoms with Gasteiger partial charge in [0.2, 0.25) is 0 Å². The Kier molecular flexibility index (Phi) is 5.88. The average Bonchev–Trinajstić information content (AvgIpc) is 2.38. The molecule has 1 aromatic rings. The molecule has 0 aliphatic rings. The van der Waals surface area contributed by atoms with Crippen LogP contribution in [-0.2, 0) is 6.54 Å². The van der Waals surface area contributed by atoms with Gasteiger partial charge in [0.1, 0.15) is 11.7 Å². The monoisotopic (exact) mass is 273 g/mol. The molecule has 0 spiro atoms. The lowest BCUT2D eigenvalue weighted by Crippen LogP contribution is -2.28. The number of amidine groups is 1. The summed E-state index contributed by atoms with van der Waals surface area (Å²) in [5.74, 6) is -0.221. The van der Waals surface area contributed by atoms with Crippen molar-refractivity contribution >= 4 is 17.4 Å².